The topological polar surface area (TPSA) is 100 Å². The quantitative estimate of drug-likeness (QED) is 0.484. The van der Waals surface area contributed by atoms with E-state index in [9.17, 15) is 14.7 Å². The number of rotatable bonds is 7. The molecule has 0 spiro atoms. The Kier molecular flexibility index (Phi) is 5.75. The molecule has 0 fully saturated rings. The van der Waals surface area contributed by atoms with Crippen LogP contribution >= 0.6 is 0 Å². The fourth-order valence-electron chi connectivity index (χ4n) is 3.60. The van der Waals surface area contributed by atoms with E-state index in [2.05, 4.69) is 15.0 Å². The number of hydrogen-bond acceptors (Lipinski definition) is 3. The Morgan fingerprint density at radius 3 is 2.55 bits per heavy atom. The summed E-state index contributed by atoms with van der Waals surface area (Å²) in [4.78, 5) is 37.0. The number of aromatic nitrogens is 3. The number of aromatic amines is 2. The van der Waals surface area contributed by atoms with Crippen molar-refractivity contribution in [2.24, 2.45) is 0 Å². The molecule has 31 heavy (non-hydrogen) atoms. The van der Waals surface area contributed by atoms with Crippen LogP contribution in [0.15, 0.2) is 73.1 Å². The Labute approximate surface area is 179 Å². The highest BCUT2D eigenvalue weighted by Gasteiger charge is 2.27. The lowest BCUT2D eigenvalue weighted by atomic mass is 10.0. The van der Waals surface area contributed by atoms with Gasteiger partial charge in [0.15, 0.2) is 12.4 Å². The molecule has 0 aliphatic rings. The minimum Gasteiger partial charge on any atom is -0.480 e. The van der Waals surface area contributed by atoms with Gasteiger partial charge in [0.2, 0.25) is 0 Å². The third-order valence-corrected chi connectivity index (χ3v) is 5.34. The van der Waals surface area contributed by atoms with Crippen LogP contribution in [-0.4, -0.2) is 44.9 Å². The minimum atomic E-state index is -1.02. The number of imidazole rings is 1. The molecule has 7 heteroatoms. The summed E-state index contributed by atoms with van der Waals surface area (Å²) in [7, 11) is 1.54. The molecule has 2 heterocycles. The molecule has 1 atom stereocenters. The molecule has 0 saturated heterocycles. The lowest BCUT2D eigenvalue weighted by Crippen LogP contribution is -2.42. The summed E-state index contributed by atoms with van der Waals surface area (Å²) in [6.45, 7) is 0. The summed E-state index contributed by atoms with van der Waals surface area (Å²) in [5.41, 5.74) is 3.84. The largest absolute Gasteiger partial charge is 0.480 e. The van der Waals surface area contributed by atoms with Crippen LogP contribution in [0.4, 0.5) is 0 Å². The molecule has 2 aromatic heterocycles. The number of aliphatic carboxylic acids is 1. The zero-order chi connectivity index (χ0) is 21.8. The minimum absolute atomic E-state index is 0.336. The molecular formula is C24H23N4O3+. The van der Waals surface area contributed by atoms with E-state index < -0.39 is 12.0 Å². The fourth-order valence-corrected chi connectivity index (χ4v) is 3.60. The summed E-state index contributed by atoms with van der Waals surface area (Å²) in [6, 6.07) is 17.7. The molecule has 1 amide bonds. The van der Waals surface area contributed by atoms with E-state index in [4.69, 9.17) is 0 Å². The van der Waals surface area contributed by atoms with Gasteiger partial charge in [0.1, 0.15) is 11.9 Å². The van der Waals surface area contributed by atoms with E-state index in [0.29, 0.717) is 24.2 Å². The maximum atomic E-state index is 13.0. The SMILES string of the molecule is CN(C(=O)c1ccc2nc(-c3cc[nH+]cc3)[nH]c2c1)[C@@H](CCc1ccccc1)C(=O)O. The number of carbonyl (C=O) groups excluding carboxylic acids is 1. The highest BCUT2D eigenvalue weighted by atomic mass is 16.4. The van der Waals surface area contributed by atoms with Gasteiger partial charge in [0, 0.05) is 30.3 Å². The molecule has 4 rings (SSSR count). The van der Waals surface area contributed by atoms with E-state index >= 15 is 0 Å². The molecule has 0 radical (unpaired) electrons. The van der Waals surface area contributed by atoms with Crippen molar-refractivity contribution in [1.29, 1.82) is 0 Å². The normalized spacial score (nSPS) is 11.9. The molecule has 3 N–H and O–H groups in total. The molecule has 2 aromatic carbocycles. The van der Waals surface area contributed by atoms with Crippen LogP contribution in [0.1, 0.15) is 22.3 Å². The van der Waals surface area contributed by atoms with E-state index in [0.717, 1.165) is 22.2 Å². The lowest BCUT2D eigenvalue weighted by Gasteiger charge is -2.25. The Balaban J connectivity index is 1.54. The number of likely N-dealkylation sites (N-methyl/N-ethyl adjacent to an activating group) is 1. The van der Waals surface area contributed by atoms with Gasteiger partial charge in [-0.2, -0.15) is 0 Å². The molecule has 7 nitrogen and oxygen atoms in total. The number of nitrogens with zero attached hydrogens (tertiary/aromatic N) is 2. The van der Waals surface area contributed by atoms with Crippen LogP contribution in [-0.2, 0) is 11.2 Å². The first-order valence-electron chi connectivity index (χ1n) is 10.0. The maximum absolute atomic E-state index is 13.0. The second-order valence-corrected chi connectivity index (χ2v) is 7.40. The van der Waals surface area contributed by atoms with Crippen molar-refractivity contribution in [2.45, 2.75) is 18.9 Å². The number of aryl methyl sites for hydroxylation is 1. The van der Waals surface area contributed by atoms with Gasteiger partial charge in [0.05, 0.1) is 11.0 Å². The highest BCUT2D eigenvalue weighted by molar-refractivity contribution is 5.99. The third kappa shape index (κ3) is 4.45. The fraction of sp³-hybridized carbons (Fsp3) is 0.167. The molecule has 0 saturated carbocycles. The predicted octanol–water partition coefficient (Wildman–Crippen LogP) is 3.20. The van der Waals surface area contributed by atoms with Crippen molar-refractivity contribution in [1.82, 2.24) is 14.9 Å². The summed E-state index contributed by atoms with van der Waals surface area (Å²) in [6.07, 6.45) is 4.54. The van der Waals surface area contributed by atoms with Crippen molar-refractivity contribution in [3.05, 3.63) is 84.2 Å². The second kappa shape index (κ2) is 8.79. The van der Waals surface area contributed by atoms with Gasteiger partial charge in [-0.25, -0.2) is 14.8 Å². The number of hydrogen-bond donors (Lipinski definition) is 2. The first-order valence-corrected chi connectivity index (χ1v) is 10.0. The van der Waals surface area contributed by atoms with Gasteiger partial charge in [-0.05, 0) is 36.6 Å². The van der Waals surface area contributed by atoms with Crippen molar-refractivity contribution in [3.63, 3.8) is 0 Å². The van der Waals surface area contributed by atoms with Crippen LogP contribution in [0.3, 0.4) is 0 Å². The number of fused-ring (bicyclic) bond motifs is 1. The number of carboxylic acids is 1. The van der Waals surface area contributed by atoms with Crippen LogP contribution in [0.2, 0.25) is 0 Å². The number of carbonyl (C=O) groups is 2. The standard InChI is InChI=1S/C24H22N4O3/c1-28(21(24(30)31)10-7-16-5-3-2-4-6-16)23(29)18-8-9-19-20(15-18)27-22(26-19)17-11-13-25-14-12-17/h2-6,8-9,11-15,21H,7,10H2,1H3,(H,26,27)(H,30,31)/p+1/t21-/m0/s1. The molecule has 0 unspecified atom stereocenters. The summed E-state index contributed by atoms with van der Waals surface area (Å²) >= 11 is 0. The van der Waals surface area contributed by atoms with Crippen molar-refractivity contribution in [3.8, 4) is 11.4 Å². The Hall–Kier alpha value is -4.00. The number of nitrogens with one attached hydrogen (secondary N) is 2. The first-order chi connectivity index (χ1) is 15.0. The van der Waals surface area contributed by atoms with Gasteiger partial charge < -0.3 is 15.0 Å². The second-order valence-electron chi connectivity index (χ2n) is 7.40. The number of H-pyrrole nitrogens is 2. The monoisotopic (exact) mass is 415 g/mol. The first kappa shape index (κ1) is 20.3. The number of pyridine rings is 1. The smallest absolute Gasteiger partial charge is 0.326 e. The molecular weight excluding hydrogens is 392 g/mol. The van der Waals surface area contributed by atoms with Gasteiger partial charge in [-0.3, -0.25) is 4.79 Å². The van der Waals surface area contributed by atoms with Gasteiger partial charge >= 0.3 is 5.97 Å². The Morgan fingerprint density at radius 2 is 1.84 bits per heavy atom. The average Bonchev–Trinajstić information content (AvgIpc) is 3.23. The molecule has 4 aromatic rings. The third-order valence-electron chi connectivity index (χ3n) is 5.34. The van der Waals surface area contributed by atoms with Gasteiger partial charge in [-0.15, -0.1) is 0 Å². The molecule has 156 valence electrons. The molecule has 0 bridgehead atoms. The Bertz CT molecular complexity index is 1210. The number of benzene rings is 2. The summed E-state index contributed by atoms with van der Waals surface area (Å²) < 4.78 is 0. The van der Waals surface area contributed by atoms with Crippen LogP contribution in [0.25, 0.3) is 22.4 Å². The maximum Gasteiger partial charge on any atom is 0.326 e. The van der Waals surface area contributed by atoms with Crippen molar-refractivity contribution < 1.29 is 19.7 Å². The van der Waals surface area contributed by atoms with Crippen LogP contribution in [0.5, 0.6) is 0 Å². The molecule has 0 aliphatic heterocycles. The number of amides is 1. The van der Waals surface area contributed by atoms with E-state index in [1.807, 2.05) is 54.9 Å². The predicted molar refractivity (Wildman–Crippen MR) is 116 cm³/mol. The van der Waals surface area contributed by atoms with E-state index in [1.165, 1.54) is 11.9 Å². The Morgan fingerprint density at radius 1 is 1.10 bits per heavy atom. The lowest BCUT2D eigenvalue weighted by molar-refractivity contribution is -0.377. The van der Waals surface area contributed by atoms with Gasteiger partial charge in [-0.1, -0.05) is 30.3 Å². The zero-order valence-electron chi connectivity index (χ0n) is 17.1. The van der Waals surface area contributed by atoms with E-state index in [-0.39, 0.29) is 5.91 Å². The highest BCUT2D eigenvalue weighted by Crippen LogP contribution is 2.22. The zero-order valence-corrected chi connectivity index (χ0v) is 17.1. The summed E-state index contributed by atoms with van der Waals surface area (Å²) in [5.74, 6) is -0.654. The summed E-state index contributed by atoms with van der Waals surface area (Å²) in [5, 5.41) is 9.71. The van der Waals surface area contributed by atoms with Crippen molar-refractivity contribution in [2.75, 3.05) is 7.05 Å². The number of carboxylic acid groups (broad SMARTS) is 1. The van der Waals surface area contributed by atoms with Crippen molar-refractivity contribution >= 4 is 22.9 Å². The molecule has 0 aliphatic carbocycles. The van der Waals surface area contributed by atoms with E-state index in [1.54, 1.807) is 18.2 Å². The average molecular weight is 415 g/mol. The van der Waals surface area contributed by atoms with Gasteiger partial charge in [0.25, 0.3) is 5.91 Å². The van der Waals surface area contributed by atoms with Crippen LogP contribution in [0, 0.1) is 0 Å². The van der Waals surface area contributed by atoms with Crippen LogP contribution < -0.4 is 4.98 Å².